The second-order valence-electron chi connectivity index (χ2n) is 8.41. The maximum atomic E-state index is 11.5. The van der Waals surface area contributed by atoms with E-state index in [1.54, 1.807) is 19.1 Å². The number of hydrogen-bond acceptors (Lipinski definition) is 3. The van der Waals surface area contributed by atoms with Crippen LogP contribution in [0.5, 0.6) is 11.5 Å². The van der Waals surface area contributed by atoms with Crippen LogP contribution in [0.15, 0.2) is 66.7 Å². The first kappa shape index (κ1) is 21.4. The van der Waals surface area contributed by atoms with Gasteiger partial charge in [-0.05, 0) is 41.2 Å². The molecule has 0 fully saturated rings. The largest absolute Gasteiger partial charge is 0.489 e. The van der Waals surface area contributed by atoms with Crippen molar-refractivity contribution in [3.63, 3.8) is 0 Å². The Morgan fingerprint density at radius 2 is 1.47 bits per heavy atom. The Hall–Kier alpha value is -3.27. The Kier molecular flexibility index (Phi) is 6.46. The number of aromatic carboxylic acids is 1. The summed E-state index contributed by atoms with van der Waals surface area (Å²) in [5.41, 5.74) is 4.18. The van der Waals surface area contributed by atoms with Crippen LogP contribution in [0.1, 0.15) is 53.4 Å². The molecule has 0 saturated carbocycles. The highest BCUT2D eigenvalue weighted by molar-refractivity contribution is 5.91. The standard InChI is InChI=1S/C26H28O4/c1-18-7-5-8-20(24(18)25(27)28)17-30-23-10-6-9-22(15-23)29-16-19-11-13-21(14-12-19)26(2,3)4/h5-15H,16-17H2,1-4H3,(H,27,28). The second-order valence-corrected chi connectivity index (χ2v) is 8.41. The summed E-state index contributed by atoms with van der Waals surface area (Å²) in [6.07, 6.45) is 0. The molecule has 0 aliphatic heterocycles. The number of rotatable bonds is 7. The van der Waals surface area contributed by atoms with E-state index < -0.39 is 5.97 Å². The molecule has 4 heteroatoms. The Bertz CT molecular complexity index is 1010. The fraction of sp³-hybridized carbons (Fsp3) is 0.269. The molecular formula is C26H28O4. The number of aryl methyl sites for hydroxylation is 1. The third kappa shape index (κ3) is 5.41. The Balaban J connectivity index is 1.63. The predicted octanol–water partition coefficient (Wildman–Crippen LogP) is 6.15. The molecule has 0 radical (unpaired) electrons. The molecule has 0 aliphatic rings. The predicted molar refractivity (Wildman–Crippen MR) is 118 cm³/mol. The molecule has 0 amide bonds. The highest BCUT2D eigenvalue weighted by Gasteiger charge is 2.14. The first-order valence-corrected chi connectivity index (χ1v) is 10.0. The van der Waals surface area contributed by atoms with Crippen molar-refractivity contribution in [3.05, 3.63) is 94.5 Å². The van der Waals surface area contributed by atoms with Crippen LogP contribution in [0.2, 0.25) is 0 Å². The van der Waals surface area contributed by atoms with E-state index in [-0.39, 0.29) is 12.0 Å². The fourth-order valence-electron chi connectivity index (χ4n) is 3.24. The average molecular weight is 405 g/mol. The molecule has 0 spiro atoms. The van der Waals surface area contributed by atoms with Gasteiger partial charge in [0.2, 0.25) is 0 Å². The van der Waals surface area contributed by atoms with Crippen molar-refractivity contribution in [3.8, 4) is 11.5 Å². The van der Waals surface area contributed by atoms with Crippen LogP contribution in [-0.4, -0.2) is 11.1 Å². The van der Waals surface area contributed by atoms with Crippen molar-refractivity contribution in [1.82, 2.24) is 0 Å². The maximum Gasteiger partial charge on any atom is 0.336 e. The zero-order chi connectivity index (χ0) is 21.7. The number of carbonyl (C=O) groups is 1. The lowest BCUT2D eigenvalue weighted by atomic mass is 9.87. The molecule has 30 heavy (non-hydrogen) atoms. The summed E-state index contributed by atoms with van der Waals surface area (Å²) in [7, 11) is 0. The van der Waals surface area contributed by atoms with Crippen molar-refractivity contribution in [2.24, 2.45) is 0 Å². The van der Waals surface area contributed by atoms with Gasteiger partial charge in [0, 0.05) is 11.6 Å². The van der Waals surface area contributed by atoms with Crippen molar-refractivity contribution in [1.29, 1.82) is 0 Å². The smallest absolute Gasteiger partial charge is 0.336 e. The van der Waals surface area contributed by atoms with Gasteiger partial charge in [-0.3, -0.25) is 0 Å². The lowest BCUT2D eigenvalue weighted by molar-refractivity contribution is 0.0693. The number of benzene rings is 3. The van der Waals surface area contributed by atoms with Gasteiger partial charge < -0.3 is 14.6 Å². The van der Waals surface area contributed by atoms with Gasteiger partial charge in [0.1, 0.15) is 24.7 Å². The molecule has 0 heterocycles. The van der Waals surface area contributed by atoms with Crippen LogP contribution in [0.25, 0.3) is 0 Å². The van der Waals surface area contributed by atoms with Gasteiger partial charge >= 0.3 is 5.97 Å². The molecule has 0 atom stereocenters. The lowest BCUT2D eigenvalue weighted by Crippen LogP contribution is -2.10. The third-order valence-corrected chi connectivity index (χ3v) is 5.00. The molecule has 3 aromatic carbocycles. The van der Waals surface area contributed by atoms with Gasteiger partial charge in [0.15, 0.2) is 0 Å². The summed E-state index contributed by atoms with van der Waals surface area (Å²) in [4.78, 5) is 11.5. The zero-order valence-electron chi connectivity index (χ0n) is 17.9. The van der Waals surface area contributed by atoms with Gasteiger partial charge in [-0.2, -0.15) is 0 Å². The summed E-state index contributed by atoms with van der Waals surface area (Å²) in [5, 5.41) is 9.45. The highest BCUT2D eigenvalue weighted by atomic mass is 16.5. The second kappa shape index (κ2) is 9.04. The Morgan fingerprint density at radius 3 is 2.07 bits per heavy atom. The molecule has 4 nitrogen and oxygen atoms in total. The third-order valence-electron chi connectivity index (χ3n) is 5.00. The molecule has 0 bridgehead atoms. The molecule has 0 aromatic heterocycles. The first-order valence-electron chi connectivity index (χ1n) is 10.0. The number of carboxylic acids is 1. The van der Waals surface area contributed by atoms with E-state index in [0.29, 0.717) is 29.2 Å². The fourth-order valence-corrected chi connectivity index (χ4v) is 3.24. The number of hydrogen-bond donors (Lipinski definition) is 1. The topological polar surface area (TPSA) is 55.8 Å². The van der Waals surface area contributed by atoms with Gasteiger partial charge in [-0.1, -0.05) is 69.3 Å². The van der Waals surface area contributed by atoms with E-state index in [1.165, 1.54) is 5.56 Å². The van der Waals surface area contributed by atoms with E-state index in [9.17, 15) is 9.90 Å². The Morgan fingerprint density at radius 1 is 0.867 bits per heavy atom. The van der Waals surface area contributed by atoms with E-state index in [1.807, 2.05) is 30.3 Å². The van der Waals surface area contributed by atoms with Crippen molar-refractivity contribution < 1.29 is 19.4 Å². The molecule has 0 aliphatic carbocycles. The van der Waals surface area contributed by atoms with Gasteiger partial charge in [0.05, 0.1) is 5.56 Å². The zero-order valence-corrected chi connectivity index (χ0v) is 17.9. The minimum Gasteiger partial charge on any atom is -0.489 e. The number of ether oxygens (including phenoxy) is 2. The molecule has 3 rings (SSSR count). The van der Waals surface area contributed by atoms with Crippen molar-refractivity contribution in [2.75, 3.05) is 0 Å². The monoisotopic (exact) mass is 404 g/mol. The molecule has 0 unspecified atom stereocenters. The van der Waals surface area contributed by atoms with E-state index in [2.05, 4.69) is 45.0 Å². The minimum absolute atomic E-state index is 0.128. The summed E-state index contributed by atoms with van der Waals surface area (Å²) in [6, 6.07) is 21.3. The quantitative estimate of drug-likeness (QED) is 0.513. The van der Waals surface area contributed by atoms with Crippen LogP contribution in [0.3, 0.4) is 0 Å². The van der Waals surface area contributed by atoms with E-state index in [4.69, 9.17) is 9.47 Å². The molecule has 3 aromatic rings. The lowest BCUT2D eigenvalue weighted by Gasteiger charge is -2.19. The molecule has 0 saturated heterocycles. The molecule has 156 valence electrons. The normalized spacial score (nSPS) is 11.2. The molecular weight excluding hydrogens is 376 g/mol. The van der Waals surface area contributed by atoms with Crippen LogP contribution in [0.4, 0.5) is 0 Å². The summed E-state index contributed by atoms with van der Waals surface area (Å²) >= 11 is 0. The highest BCUT2D eigenvalue weighted by Crippen LogP contribution is 2.25. The molecule has 1 N–H and O–H groups in total. The summed E-state index contributed by atoms with van der Waals surface area (Å²) in [6.45, 7) is 9.02. The maximum absolute atomic E-state index is 11.5. The van der Waals surface area contributed by atoms with Crippen molar-refractivity contribution >= 4 is 5.97 Å². The minimum atomic E-state index is -0.943. The van der Waals surface area contributed by atoms with Crippen LogP contribution in [-0.2, 0) is 18.6 Å². The van der Waals surface area contributed by atoms with Gasteiger partial charge in [0.25, 0.3) is 0 Å². The summed E-state index contributed by atoms with van der Waals surface area (Å²) in [5.74, 6) is 0.393. The van der Waals surface area contributed by atoms with Crippen LogP contribution in [0, 0.1) is 6.92 Å². The van der Waals surface area contributed by atoms with E-state index in [0.717, 1.165) is 11.1 Å². The van der Waals surface area contributed by atoms with Crippen LogP contribution < -0.4 is 9.47 Å². The van der Waals surface area contributed by atoms with Gasteiger partial charge in [-0.15, -0.1) is 0 Å². The summed E-state index contributed by atoms with van der Waals surface area (Å²) < 4.78 is 11.8. The Labute approximate surface area is 178 Å². The number of carboxylic acid groups (broad SMARTS) is 1. The van der Waals surface area contributed by atoms with E-state index >= 15 is 0 Å². The SMILES string of the molecule is Cc1cccc(COc2cccc(OCc3ccc(C(C)(C)C)cc3)c2)c1C(=O)O. The van der Waals surface area contributed by atoms with Crippen molar-refractivity contribution in [2.45, 2.75) is 46.3 Å². The van der Waals surface area contributed by atoms with Crippen LogP contribution >= 0.6 is 0 Å². The van der Waals surface area contributed by atoms with Gasteiger partial charge in [-0.25, -0.2) is 4.79 Å². The average Bonchev–Trinajstić information content (AvgIpc) is 2.70. The first-order chi connectivity index (χ1) is 14.2.